The first-order chi connectivity index (χ1) is 13.3. The number of hydrogen-bond donors (Lipinski definition) is 0. The van der Waals surface area contributed by atoms with Crippen molar-refractivity contribution in [2.45, 2.75) is 37.9 Å². The predicted octanol–water partition coefficient (Wildman–Crippen LogP) is 1.37. The lowest BCUT2D eigenvalue weighted by molar-refractivity contribution is 0.122. The quantitative estimate of drug-likeness (QED) is 0.801. The number of morpholine rings is 1. The van der Waals surface area contributed by atoms with Crippen LogP contribution in [0.25, 0.3) is 0 Å². The number of fused-ring (bicyclic) bond motifs is 4. The van der Waals surface area contributed by atoms with E-state index in [0.29, 0.717) is 18.1 Å². The fourth-order valence-corrected chi connectivity index (χ4v) is 4.47. The average molecular weight is 368 g/mol. The number of nitrogens with zero attached hydrogens (tertiary/aromatic N) is 6. The summed E-state index contributed by atoms with van der Waals surface area (Å²) in [5.74, 6) is 0.855. The number of methoxy groups -OCH3 is 1. The van der Waals surface area contributed by atoms with Crippen LogP contribution in [0.4, 0.5) is 5.95 Å². The monoisotopic (exact) mass is 368 g/mol. The minimum atomic E-state index is 0.389. The second kappa shape index (κ2) is 7.01. The molecule has 142 valence electrons. The molecule has 2 aromatic heterocycles. The Bertz CT molecular complexity index is 808. The van der Waals surface area contributed by atoms with Gasteiger partial charge in [-0.2, -0.15) is 0 Å². The maximum absolute atomic E-state index is 5.44. The molecular formula is C19H24N6O2. The van der Waals surface area contributed by atoms with Crippen LogP contribution in [0.5, 0.6) is 6.01 Å². The lowest BCUT2D eigenvalue weighted by atomic mass is 9.99. The van der Waals surface area contributed by atoms with E-state index in [1.807, 2.05) is 12.4 Å². The molecule has 8 nitrogen and oxygen atoms in total. The van der Waals surface area contributed by atoms with Gasteiger partial charge in [-0.25, -0.2) is 19.9 Å². The smallest absolute Gasteiger partial charge is 0.316 e. The predicted molar refractivity (Wildman–Crippen MR) is 98.7 cm³/mol. The summed E-state index contributed by atoms with van der Waals surface area (Å²) in [6.45, 7) is 4.10. The molecule has 3 aliphatic heterocycles. The molecule has 3 aliphatic rings. The Morgan fingerprint density at radius 2 is 1.93 bits per heavy atom. The van der Waals surface area contributed by atoms with Gasteiger partial charge in [-0.1, -0.05) is 0 Å². The molecular weight excluding hydrogens is 344 g/mol. The molecule has 0 radical (unpaired) electrons. The van der Waals surface area contributed by atoms with Crippen molar-refractivity contribution in [1.82, 2.24) is 24.8 Å². The SMILES string of the molecule is COc1ncc(CN2[C@H]3CC[C@@H]2c2cnc(N4CCOCC4)nc2C3)cn1. The molecule has 5 rings (SSSR count). The van der Waals surface area contributed by atoms with Gasteiger partial charge in [0.2, 0.25) is 5.95 Å². The molecule has 0 unspecified atom stereocenters. The van der Waals surface area contributed by atoms with Crippen molar-refractivity contribution in [2.24, 2.45) is 0 Å². The molecule has 8 heteroatoms. The number of ether oxygens (including phenoxy) is 2. The summed E-state index contributed by atoms with van der Waals surface area (Å²) in [5, 5.41) is 0. The van der Waals surface area contributed by atoms with Crippen molar-refractivity contribution in [3.05, 3.63) is 35.4 Å². The van der Waals surface area contributed by atoms with Crippen LogP contribution in [0.15, 0.2) is 18.6 Å². The van der Waals surface area contributed by atoms with Gasteiger partial charge in [-0.05, 0) is 12.8 Å². The summed E-state index contributed by atoms with van der Waals surface area (Å²) in [6, 6.07) is 1.33. The molecule has 0 N–H and O–H groups in total. The number of rotatable bonds is 4. The Labute approximate surface area is 158 Å². The third kappa shape index (κ3) is 3.12. The first kappa shape index (κ1) is 16.8. The Kier molecular flexibility index (Phi) is 4.37. The molecule has 0 saturated carbocycles. The van der Waals surface area contributed by atoms with Crippen molar-refractivity contribution in [3.8, 4) is 6.01 Å². The van der Waals surface area contributed by atoms with Gasteiger partial charge in [0, 0.05) is 67.9 Å². The Hall–Kier alpha value is -2.32. The van der Waals surface area contributed by atoms with Crippen LogP contribution in [-0.4, -0.2) is 64.3 Å². The number of aromatic nitrogens is 4. The maximum Gasteiger partial charge on any atom is 0.316 e. The molecule has 0 amide bonds. The van der Waals surface area contributed by atoms with E-state index in [9.17, 15) is 0 Å². The zero-order valence-corrected chi connectivity index (χ0v) is 15.5. The van der Waals surface area contributed by atoms with Gasteiger partial charge >= 0.3 is 6.01 Å². The highest BCUT2D eigenvalue weighted by Gasteiger charge is 2.41. The summed E-state index contributed by atoms with van der Waals surface area (Å²) < 4.78 is 10.5. The van der Waals surface area contributed by atoms with E-state index >= 15 is 0 Å². The van der Waals surface area contributed by atoms with Crippen molar-refractivity contribution >= 4 is 5.95 Å². The highest BCUT2D eigenvalue weighted by Crippen LogP contribution is 2.43. The van der Waals surface area contributed by atoms with Gasteiger partial charge in [0.1, 0.15) is 0 Å². The van der Waals surface area contributed by atoms with Gasteiger partial charge in [0.15, 0.2) is 0 Å². The van der Waals surface area contributed by atoms with Crippen LogP contribution >= 0.6 is 0 Å². The van der Waals surface area contributed by atoms with Crippen LogP contribution in [0.2, 0.25) is 0 Å². The number of hydrogen-bond acceptors (Lipinski definition) is 8. The topological polar surface area (TPSA) is 76.5 Å². The van der Waals surface area contributed by atoms with Crippen LogP contribution < -0.4 is 9.64 Å². The van der Waals surface area contributed by atoms with Crippen molar-refractivity contribution in [2.75, 3.05) is 38.3 Å². The molecule has 27 heavy (non-hydrogen) atoms. The van der Waals surface area contributed by atoms with Crippen LogP contribution in [0.3, 0.4) is 0 Å². The van der Waals surface area contributed by atoms with E-state index in [-0.39, 0.29) is 0 Å². The van der Waals surface area contributed by atoms with E-state index in [4.69, 9.17) is 14.5 Å². The molecule has 2 saturated heterocycles. The first-order valence-corrected chi connectivity index (χ1v) is 9.61. The average Bonchev–Trinajstić information content (AvgIpc) is 3.00. The minimum Gasteiger partial charge on any atom is -0.467 e. The second-order valence-electron chi connectivity index (χ2n) is 7.37. The van der Waals surface area contributed by atoms with Crippen LogP contribution in [-0.2, 0) is 17.7 Å². The molecule has 0 aromatic carbocycles. The normalized spacial score (nSPS) is 24.7. The lowest BCUT2D eigenvalue weighted by Crippen LogP contribution is -2.40. The third-order valence-corrected chi connectivity index (χ3v) is 5.84. The Morgan fingerprint density at radius 3 is 2.70 bits per heavy atom. The lowest BCUT2D eigenvalue weighted by Gasteiger charge is -2.36. The van der Waals surface area contributed by atoms with Crippen LogP contribution in [0, 0.1) is 0 Å². The molecule has 2 bridgehead atoms. The summed E-state index contributed by atoms with van der Waals surface area (Å²) >= 11 is 0. The maximum atomic E-state index is 5.44. The van der Waals surface area contributed by atoms with Crippen molar-refractivity contribution < 1.29 is 9.47 Å². The van der Waals surface area contributed by atoms with E-state index in [1.54, 1.807) is 7.11 Å². The highest BCUT2D eigenvalue weighted by molar-refractivity contribution is 5.37. The zero-order valence-electron chi connectivity index (χ0n) is 15.5. The largest absolute Gasteiger partial charge is 0.467 e. The minimum absolute atomic E-state index is 0.389. The zero-order chi connectivity index (χ0) is 18.2. The van der Waals surface area contributed by atoms with E-state index in [2.05, 4.69) is 30.9 Å². The Balaban J connectivity index is 1.36. The molecule has 5 heterocycles. The standard InChI is InChI=1S/C19H24N6O2/c1-26-19-21-9-13(10-22-19)12-25-14-2-3-17(25)15-11-20-18(23-16(15)8-14)24-4-6-27-7-5-24/h9-11,14,17H,2-8,12H2,1H3/t14-,17+/m0/s1. The van der Waals surface area contributed by atoms with Gasteiger partial charge in [-0.15, -0.1) is 0 Å². The van der Waals surface area contributed by atoms with E-state index < -0.39 is 0 Å². The summed E-state index contributed by atoms with van der Waals surface area (Å²) in [4.78, 5) is 22.9. The third-order valence-electron chi connectivity index (χ3n) is 5.84. The fraction of sp³-hybridized carbons (Fsp3) is 0.579. The summed E-state index contributed by atoms with van der Waals surface area (Å²) in [7, 11) is 1.59. The molecule has 2 aromatic rings. The molecule has 2 atom stereocenters. The van der Waals surface area contributed by atoms with Crippen molar-refractivity contribution in [1.29, 1.82) is 0 Å². The molecule has 2 fully saturated rings. The summed E-state index contributed by atoms with van der Waals surface area (Å²) in [5.41, 5.74) is 3.62. The van der Waals surface area contributed by atoms with E-state index in [1.165, 1.54) is 17.7 Å². The van der Waals surface area contributed by atoms with Gasteiger partial charge in [0.25, 0.3) is 0 Å². The van der Waals surface area contributed by atoms with Gasteiger partial charge in [0.05, 0.1) is 26.0 Å². The summed E-state index contributed by atoms with van der Waals surface area (Å²) in [6.07, 6.45) is 9.12. The second-order valence-corrected chi connectivity index (χ2v) is 7.37. The molecule has 0 spiro atoms. The Morgan fingerprint density at radius 1 is 1.11 bits per heavy atom. The number of anilines is 1. The van der Waals surface area contributed by atoms with Gasteiger partial charge < -0.3 is 14.4 Å². The van der Waals surface area contributed by atoms with E-state index in [0.717, 1.165) is 57.2 Å². The molecule has 0 aliphatic carbocycles. The van der Waals surface area contributed by atoms with Crippen molar-refractivity contribution in [3.63, 3.8) is 0 Å². The fourth-order valence-electron chi connectivity index (χ4n) is 4.47. The van der Waals surface area contributed by atoms with Crippen LogP contribution in [0.1, 0.15) is 35.7 Å². The first-order valence-electron chi connectivity index (χ1n) is 9.61. The highest BCUT2D eigenvalue weighted by atomic mass is 16.5. The van der Waals surface area contributed by atoms with Gasteiger partial charge in [-0.3, -0.25) is 4.90 Å².